The SMILES string of the molecule is O=C(NCC1CCCS1(=O)=O)C(F)(F)C(F)(F)F. The highest BCUT2D eigenvalue weighted by molar-refractivity contribution is 7.92. The summed E-state index contributed by atoms with van der Waals surface area (Å²) >= 11 is 0. The number of rotatable bonds is 3. The lowest BCUT2D eigenvalue weighted by Crippen LogP contribution is -2.52. The highest BCUT2D eigenvalue weighted by atomic mass is 32.2. The second-order valence-electron chi connectivity index (χ2n) is 3.91. The molecule has 1 unspecified atom stereocenters. The Morgan fingerprint density at radius 1 is 1.22 bits per heavy atom. The van der Waals surface area contributed by atoms with Crippen LogP contribution in [0.4, 0.5) is 22.0 Å². The second kappa shape index (κ2) is 4.63. The van der Waals surface area contributed by atoms with Gasteiger partial charge in [0, 0.05) is 6.54 Å². The third kappa shape index (κ3) is 2.90. The largest absolute Gasteiger partial charge is 0.463 e. The fourth-order valence-electron chi connectivity index (χ4n) is 1.53. The van der Waals surface area contributed by atoms with Gasteiger partial charge in [0.15, 0.2) is 9.84 Å². The summed E-state index contributed by atoms with van der Waals surface area (Å²) < 4.78 is 83.0. The van der Waals surface area contributed by atoms with Gasteiger partial charge in [-0.25, -0.2) is 8.42 Å². The molecule has 0 aromatic carbocycles. The molecule has 4 nitrogen and oxygen atoms in total. The standard InChI is InChI=1S/C8H10F5NO3S/c9-7(10,8(11,12)13)6(15)14-4-5-2-1-3-18(5,16)17/h5H,1-4H2,(H,14,15). The zero-order valence-corrected chi connectivity index (χ0v) is 9.75. The van der Waals surface area contributed by atoms with Gasteiger partial charge >= 0.3 is 12.1 Å². The van der Waals surface area contributed by atoms with Crippen LogP contribution in [0.25, 0.3) is 0 Å². The van der Waals surface area contributed by atoms with Gasteiger partial charge in [0.05, 0.1) is 11.0 Å². The summed E-state index contributed by atoms with van der Waals surface area (Å²) in [7, 11) is -3.50. The summed E-state index contributed by atoms with van der Waals surface area (Å²) in [6, 6.07) is 0. The minimum Gasteiger partial charge on any atom is -0.349 e. The van der Waals surface area contributed by atoms with Crippen molar-refractivity contribution in [2.45, 2.75) is 30.2 Å². The number of hydrogen-bond donors (Lipinski definition) is 1. The van der Waals surface area contributed by atoms with E-state index in [0.717, 1.165) is 0 Å². The molecular weight excluding hydrogens is 285 g/mol. The Morgan fingerprint density at radius 3 is 2.17 bits per heavy atom. The first kappa shape index (κ1) is 15.1. The van der Waals surface area contributed by atoms with Crippen molar-refractivity contribution in [3.63, 3.8) is 0 Å². The molecule has 1 atom stereocenters. The lowest BCUT2D eigenvalue weighted by atomic mass is 10.2. The van der Waals surface area contributed by atoms with Gasteiger partial charge < -0.3 is 5.32 Å². The van der Waals surface area contributed by atoms with Crippen LogP contribution in [-0.2, 0) is 14.6 Å². The Morgan fingerprint density at radius 2 is 1.78 bits per heavy atom. The van der Waals surface area contributed by atoms with E-state index in [1.165, 1.54) is 5.32 Å². The molecule has 1 rings (SSSR count). The maximum atomic E-state index is 12.5. The number of carbonyl (C=O) groups excluding carboxylic acids is 1. The van der Waals surface area contributed by atoms with Gasteiger partial charge in [-0.15, -0.1) is 0 Å². The van der Waals surface area contributed by atoms with Crippen molar-refractivity contribution < 1.29 is 35.2 Å². The first-order valence-corrected chi connectivity index (χ1v) is 6.64. The molecule has 0 aliphatic carbocycles. The molecule has 0 aromatic rings. The molecule has 1 aliphatic heterocycles. The topological polar surface area (TPSA) is 63.2 Å². The average molecular weight is 295 g/mol. The van der Waals surface area contributed by atoms with Crippen molar-refractivity contribution in [3.8, 4) is 0 Å². The normalized spacial score (nSPS) is 23.9. The van der Waals surface area contributed by atoms with Crippen molar-refractivity contribution in [2.75, 3.05) is 12.3 Å². The molecule has 18 heavy (non-hydrogen) atoms. The minimum atomic E-state index is -5.99. The van der Waals surface area contributed by atoms with Gasteiger partial charge in [0.25, 0.3) is 5.91 Å². The Bertz CT molecular complexity index is 431. The molecule has 0 bridgehead atoms. The first-order valence-electron chi connectivity index (χ1n) is 4.93. The molecule has 0 spiro atoms. The molecule has 0 radical (unpaired) electrons. The summed E-state index contributed by atoms with van der Waals surface area (Å²) in [5.74, 6) is -8.20. The molecule has 1 heterocycles. The van der Waals surface area contributed by atoms with Gasteiger partial charge in [-0.1, -0.05) is 0 Å². The maximum absolute atomic E-state index is 12.5. The second-order valence-corrected chi connectivity index (χ2v) is 6.31. The van der Waals surface area contributed by atoms with Crippen LogP contribution in [0.1, 0.15) is 12.8 Å². The highest BCUT2D eigenvalue weighted by Crippen LogP contribution is 2.35. The van der Waals surface area contributed by atoms with Crippen LogP contribution < -0.4 is 5.32 Å². The Hall–Kier alpha value is -0.930. The Labute approximate surface area is 99.5 Å². The average Bonchev–Trinajstić information content (AvgIpc) is 2.52. The van der Waals surface area contributed by atoms with Crippen LogP contribution in [0.2, 0.25) is 0 Å². The summed E-state index contributed by atoms with van der Waals surface area (Å²) in [6.07, 6.45) is -5.55. The fraction of sp³-hybridized carbons (Fsp3) is 0.875. The quantitative estimate of drug-likeness (QED) is 0.786. The summed E-state index contributed by atoms with van der Waals surface area (Å²) in [4.78, 5) is 10.7. The van der Waals surface area contributed by atoms with E-state index in [2.05, 4.69) is 0 Å². The maximum Gasteiger partial charge on any atom is 0.463 e. The lowest BCUT2D eigenvalue weighted by Gasteiger charge is -2.19. The number of carbonyl (C=O) groups is 1. The van der Waals surface area contributed by atoms with Crippen LogP contribution in [0.5, 0.6) is 0 Å². The van der Waals surface area contributed by atoms with E-state index in [0.29, 0.717) is 6.42 Å². The van der Waals surface area contributed by atoms with Crippen molar-refractivity contribution >= 4 is 15.7 Å². The van der Waals surface area contributed by atoms with E-state index in [4.69, 9.17) is 0 Å². The van der Waals surface area contributed by atoms with Crippen LogP contribution in [0.15, 0.2) is 0 Å². The van der Waals surface area contributed by atoms with Crippen molar-refractivity contribution in [1.29, 1.82) is 0 Å². The first-order chi connectivity index (χ1) is 7.98. The number of alkyl halides is 5. The fourth-order valence-corrected chi connectivity index (χ4v) is 3.30. The monoisotopic (exact) mass is 295 g/mol. The van der Waals surface area contributed by atoms with E-state index in [9.17, 15) is 35.2 Å². The summed E-state index contributed by atoms with van der Waals surface area (Å²) in [6.45, 7) is -0.729. The Balaban J connectivity index is 2.63. The molecule has 1 saturated heterocycles. The Kier molecular flexibility index (Phi) is 3.89. The molecule has 0 saturated carbocycles. The third-order valence-electron chi connectivity index (χ3n) is 2.59. The number of hydrogen-bond acceptors (Lipinski definition) is 3. The molecule has 10 heteroatoms. The van der Waals surface area contributed by atoms with Gasteiger partial charge in [0.2, 0.25) is 0 Å². The molecular formula is C8H10F5NO3S. The van der Waals surface area contributed by atoms with Crippen molar-refractivity contribution in [3.05, 3.63) is 0 Å². The zero-order chi connectivity index (χ0) is 14.2. The summed E-state index contributed by atoms with van der Waals surface area (Å²) in [5.41, 5.74) is 0. The number of sulfone groups is 1. The number of amides is 1. The number of nitrogens with one attached hydrogen (secondary N) is 1. The van der Waals surface area contributed by atoms with Gasteiger partial charge in [0.1, 0.15) is 0 Å². The van der Waals surface area contributed by atoms with Crippen molar-refractivity contribution in [1.82, 2.24) is 5.32 Å². The van der Waals surface area contributed by atoms with E-state index < -0.39 is 39.6 Å². The van der Waals surface area contributed by atoms with Gasteiger partial charge in [-0.2, -0.15) is 22.0 Å². The zero-order valence-electron chi connectivity index (χ0n) is 8.93. The molecule has 1 fully saturated rings. The number of halogens is 5. The predicted molar refractivity (Wildman–Crippen MR) is 50.8 cm³/mol. The van der Waals surface area contributed by atoms with Crippen molar-refractivity contribution in [2.24, 2.45) is 0 Å². The predicted octanol–water partition coefficient (Wildman–Crippen LogP) is 0.877. The van der Waals surface area contributed by atoms with Crippen LogP contribution in [-0.4, -0.2) is 44.0 Å². The highest BCUT2D eigenvalue weighted by Gasteiger charge is 2.63. The molecule has 1 amide bonds. The van der Waals surface area contributed by atoms with E-state index in [-0.39, 0.29) is 12.2 Å². The lowest BCUT2D eigenvalue weighted by molar-refractivity contribution is -0.269. The minimum absolute atomic E-state index is 0.139. The van der Waals surface area contributed by atoms with E-state index >= 15 is 0 Å². The molecule has 1 N–H and O–H groups in total. The van der Waals surface area contributed by atoms with Crippen LogP contribution in [0, 0.1) is 0 Å². The van der Waals surface area contributed by atoms with E-state index in [1.54, 1.807) is 0 Å². The summed E-state index contributed by atoms with van der Waals surface area (Å²) in [5, 5.41) is 0.247. The third-order valence-corrected chi connectivity index (χ3v) is 4.87. The van der Waals surface area contributed by atoms with Crippen LogP contribution in [0.3, 0.4) is 0 Å². The molecule has 1 aliphatic rings. The molecule has 106 valence electrons. The smallest absolute Gasteiger partial charge is 0.349 e. The van der Waals surface area contributed by atoms with Gasteiger partial charge in [-0.3, -0.25) is 4.79 Å². The van der Waals surface area contributed by atoms with E-state index in [1.807, 2.05) is 0 Å². The van der Waals surface area contributed by atoms with Crippen LogP contribution >= 0.6 is 0 Å². The molecule has 0 aromatic heterocycles. The van der Waals surface area contributed by atoms with Gasteiger partial charge in [-0.05, 0) is 12.8 Å².